The van der Waals surface area contributed by atoms with E-state index in [-0.39, 0.29) is 5.82 Å². The van der Waals surface area contributed by atoms with E-state index < -0.39 is 5.38 Å². The summed E-state index contributed by atoms with van der Waals surface area (Å²) in [6, 6.07) is 7.04. The highest BCUT2D eigenvalue weighted by molar-refractivity contribution is 9.10. The van der Waals surface area contributed by atoms with E-state index in [2.05, 4.69) is 31.9 Å². The van der Waals surface area contributed by atoms with E-state index in [0.29, 0.717) is 10.0 Å². The van der Waals surface area contributed by atoms with Crippen LogP contribution in [0.5, 0.6) is 0 Å². The van der Waals surface area contributed by atoms with Crippen molar-refractivity contribution in [1.82, 2.24) is 0 Å². The molecular formula is C11H6Br2ClFS. The highest BCUT2D eigenvalue weighted by atomic mass is 79.9. The molecule has 0 spiro atoms. The van der Waals surface area contributed by atoms with Gasteiger partial charge in [0.15, 0.2) is 0 Å². The van der Waals surface area contributed by atoms with E-state index in [9.17, 15) is 4.39 Å². The minimum absolute atomic E-state index is 0.303. The second-order valence-corrected chi connectivity index (χ2v) is 6.23. The van der Waals surface area contributed by atoms with Gasteiger partial charge in [-0.15, -0.1) is 22.9 Å². The normalized spacial score (nSPS) is 12.8. The first-order valence-corrected chi connectivity index (χ1v) is 7.32. The smallest absolute Gasteiger partial charge is 0.142 e. The number of halogens is 4. The van der Waals surface area contributed by atoms with Crippen LogP contribution in [0.25, 0.3) is 0 Å². The number of alkyl halides is 1. The fourth-order valence-corrected chi connectivity index (χ4v) is 3.89. The van der Waals surface area contributed by atoms with Crippen molar-refractivity contribution in [3.63, 3.8) is 0 Å². The van der Waals surface area contributed by atoms with Crippen LogP contribution in [-0.2, 0) is 0 Å². The zero-order valence-electron chi connectivity index (χ0n) is 7.88. The lowest BCUT2D eigenvalue weighted by Gasteiger charge is -2.10. The van der Waals surface area contributed by atoms with Crippen LogP contribution in [0.15, 0.2) is 38.6 Å². The summed E-state index contributed by atoms with van der Waals surface area (Å²) in [5.41, 5.74) is 0.485. The van der Waals surface area contributed by atoms with Gasteiger partial charge in [0, 0.05) is 14.9 Å². The average molecular weight is 384 g/mol. The zero-order valence-corrected chi connectivity index (χ0v) is 12.6. The van der Waals surface area contributed by atoms with Gasteiger partial charge in [0.25, 0.3) is 0 Å². The third-order valence-electron chi connectivity index (χ3n) is 2.13. The molecule has 84 valence electrons. The molecule has 0 aliphatic carbocycles. The van der Waals surface area contributed by atoms with Gasteiger partial charge in [-0.3, -0.25) is 0 Å². The van der Waals surface area contributed by atoms with Gasteiger partial charge >= 0.3 is 0 Å². The minimum atomic E-state index is -0.466. The molecule has 5 heteroatoms. The monoisotopic (exact) mass is 382 g/mol. The predicted molar refractivity (Wildman–Crippen MR) is 73.8 cm³/mol. The van der Waals surface area contributed by atoms with E-state index in [1.807, 2.05) is 11.4 Å². The lowest BCUT2D eigenvalue weighted by atomic mass is 10.1. The van der Waals surface area contributed by atoms with E-state index >= 15 is 0 Å². The van der Waals surface area contributed by atoms with Crippen molar-refractivity contribution in [3.05, 3.63) is 54.8 Å². The van der Waals surface area contributed by atoms with Crippen molar-refractivity contribution >= 4 is 54.8 Å². The molecular weight excluding hydrogens is 378 g/mol. The van der Waals surface area contributed by atoms with Crippen molar-refractivity contribution in [2.45, 2.75) is 5.38 Å². The number of hydrogen-bond acceptors (Lipinski definition) is 1. The van der Waals surface area contributed by atoms with Crippen LogP contribution in [0.3, 0.4) is 0 Å². The topological polar surface area (TPSA) is 0 Å². The van der Waals surface area contributed by atoms with Crippen molar-refractivity contribution in [2.75, 3.05) is 0 Å². The first kappa shape index (κ1) is 12.6. The Morgan fingerprint density at radius 1 is 1.19 bits per heavy atom. The van der Waals surface area contributed by atoms with Crippen LogP contribution in [0.2, 0.25) is 0 Å². The molecule has 1 aromatic heterocycles. The Balaban J connectivity index is 2.46. The molecule has 0 saturated carbocycles. The van der Waals surface area contributed by atoms with Crippen LogP contribution in [0, 0.1) is 5.82 Å². The quantitative estimate of drug-likeness (QED) is 0.579. The fourth-order valence-electron chi connectivity index (χ4n) is 1.34. The SMILES string of the molecule is Fc1c(Br)cccc1C(Cl)c1sccc1Br. The maximum absolute atomic E-state index is 13.8. The van der Waals surface area contributed by atoms with Crippen molar-refractivity contribution in [1.29, 1.82) is 0 Å². The highest BCUT2D eigenvalue weighted by Crippen LogP contribution is 2.39. The Kier molecular flexibility index (Phi) is 4.06. The Morgan fingerprint density at radius 2 is 1.94 bits per heavy atom. The molecule has 0 nitrogen and oxygen atoms in total. The molecule has 16 heavy (non-hydrogen) atoms. The van der Waals surface area contributed by atoms with Crippen LogP contribution >= 0.6 is 54.8 Å². The maximum Gasteiger partial charge on any atom is 0.142 e. The van der Waals surface area contributed by atoms with Crippen molar-refractivity contribution in [2.24, 2.45) is 0 Å². The number of rotatable bonds is 2. The maximum atomic E-state index is 13.8. The second-order valence-electron chi connectivity index (χ2n) is 3.14. The van der Waals surface area contributed by atoms with Crippen LogP contribution in [-0.4, -0.2) is 0 Å². The van der Waals surface area contributed by atoms with Gasteiger partial charge in [-0.05, 0) is 49.4 Å². The summed E-state index contributed by atoms with van der Waals surface area (Å²) in [6.45, 7) is 0. The van der Waals surface area contributed by atoms with Crippen LogP contribution < -0.4 is 0 Å². The molecule has 1 unspecified atom stereocenters. The standard InChI is InChI=1S/C11H6Br2ClFS/c12-7-3-1-2-6(10(7)15)9(14)11-8(13)4-5-16-11/h1-5,9H. The van der Waals surface area contributed by atoms with Gasteiger partial charge in [-0.2, -0.15) is 0 Å². The molecule has 0 bridgehead atoms. The lowest BCUT2D eigenvalue weighted by Crippen LogP contribution is -1.96. The van der Waals surface area contributed by atoms with Gasteiger partial charge in [0.2, 0.25) is 0 Å². The largest absolute Gasteiger partial charge is 0.205 e. The highest BCUT2D eigenvalue weighted by Gasteiger charge is 2.19. The Morgan fingerprint density at radius 3 is 2.56 bits per heavy atom. The molecule has 0 amide bonds. The molecule has 0 saturated heterocycles. The summed E-state index contributed by atoms with van der Waals surface area (Å²) in [7, 11) is 0. The first-order chi connectivity index (χ1) is 7.61. The molecule has 0 aliphatic heterocycles. The fraction of sp³-hybridized carbons (Fsp3) is 0.0909. The van der Waals surface area contributed by atoms with Crippen LogP contribution in [0.1, 0.15) is 15.8 Å². The summed E-state index contributed by atoms with van der Waals surface area (Å²) >= 11 is 14.3. The number of hydrogen-bond donors (Lipinski definition) is 0. The first-order valence-electron chi connectivity index (χ1n) is 4.42. The third kappa shape index (κ3) is 2.35. The molecule has 0 N–H and O–H groups in total. The average Bonchev–Trinajstić information content (AvgIpc) is 2.68. The lowest BCUT2D eigenvalue weighted by molar-refractivity contribution is 0.606. The van der Waals surface area contributed by atoms with Gasteiger partial charge in [0.05, 0.1) is 9.85 Å². The van der Waals surface area contributed by atoms with Gasteiger partial charge < -0.3 is 0 Å². The van der Waals surface area contributed by atoms with Crippen molar-refractivity contribution in [3.8, 4) is 0 Å². The molecule has 0 fully saturated rings. The van der Waals surface area contributed by atoms with E-state index in [1.165, 1.54) is 11.3 Å². The summed E-state index contributed by atoms with van der Waals surface area (Å²) in [5, 5.41) is 1.46. The summed E-state index contributed by atoms with van der Waals surface area (Å²) in [4.78, 5) is 0.915. The van der Waals surface area contributed by atoms with E-state index in [1.54, 1.807) is 18.2 Å². The second kappa shape index (κ2) is 5.17. The van der Waals surface area contributed by atoms with Gasteiger partial charge in [0.1, 0.15) is 5.82 Å². The summed E-state index contributed by atoms with van der Waals surface area (Å²) < 4.78 is 15.2. The van der Waals surface area contributed by atoms with Gasteiger partial charge in [-0.1, -0.05) is 12.1 Å². The van der Waals surface area contributed by atoms with E-state index in [4.69, 9.17) is 11.6 Å². The van der Waals surface area contributed by atoms with Crippen LogP contribution in [0.4, 0.5) is 4.39 Å². The van der Waals surface area contributed by atoms with Crippen molar-refractivity contribution < 1.29 is 4.39 Å². The number of thiophene rings is 1. The molecule has 1 atom stereocenters. The molecule has 0 radical (unpaired) electrons. The predicted octanol–water partition coefficient (Wildman–Crippen LogP) is 5.74. The number of benzene rings is 1. The van der Waals surface area contributed by atoms with Gasteiger partial charge in [-0.25, -0.2) is 4.39 Å². The molecule has 2 rings (SSSR count). The molecule has 1 heterocycles. The summed E-state index contributed by atoms with van der Waals surface area (Å²) in [5.74, 6) is -0.303. The molecule has 0 aliphatic rings. The Labute approximate surface area is 119 Å². The summed E-state index contributed by atoms with van der Waals surface area (Å²) in [6.07, 6.45) is 0. The Bertz CT molecular complexity index is 512. The Hall–Kier alpha value is 0.1000. The molecule has 2 aromatic rings. The van der Waals surface area contributed by atoms with E-state index in [0.717, 1.165) is 9.35 Å². The third-order valence-corrected chi connectivity index (χ3v) is 5.26. The minimum Gasteiger partial charge on any atom is -0.205 e. The molecule has 1 aromatic carbocycles. The zero-order chi connectivity index (χ0) is 11.7.